The van der Waals surface area contributed by atoms with E-state index in [1.807, 2.05) is 30.3 Å². The Balaban J connectivity index is 0.00000512. The van der Waals surface area contributed by atoms with Gasteiger partial charge in [0.15, 0.2) is 17.5 Å². The van der Waals surface area contributed by atoms with Crippen LogP contribution in [0.5, 0.6) is 28.7 Å². The van der Waals surface area contributed by atoms with Crippen molar-refractivity contribution >= 4 is 29.9 Å². The zero-order valence-corrected chi connectivity index (χ0v) is 21.9. The number of guanidine groups is 1. The van der Waals surface area contributed by atoms with E-state index >= 15 is 0 Å². The minimum Gasteiger partial charge on any atom is -0.496 e. The van der Waals surface area contributed by atoms with Gasteiger partial charge in [-0.15, -0.1) is 24.0 Å². The van der Waals surface area contributed by atoms with Crippen LogP contribution in [0.3, 0.4) is 0 Å². The van der Waals surface area contributed by atoms with Crippen LogP contribution >= 0.6 is 24.0 Å². The van der Waals surface area contributed by atoms with Crippen LogP contribution < -0.4 is 34.3 Å². The van der Waals surface area contributed by atoms with Crippen molar-refractivity contribution < 1.29 is 23.7 Å². The van der Waals surface area contributed by atoms with Crippen LogP contribution in [-0.2, 0) is 12.8 Å². The van der Waals surface area contributed by atoms with Gasteiger partial charge in [0.05, 0.1) is 35.5 Å². The zero-order valence-electron chi connectivity index (χ0n) is 19.6. The molecule has 0 aliphatic heterocycles. The van der Waals surface area contributed by atoms with E-state index < -0.39 is 0 Å². The number of hydrogen-bond acceptors (Lipinski definition) is 6. The van der Waals surface area contributed by atoms with Gasteiger partial charge in [-0.1, -0.05) is 6.07 Å². The molecule has 32 heavy (non-hydrogen) atoms. The summed E-state index contributed by atoms with van der Waals surface area (Å²) in [5, 5.41) is 6.66. The molecule has 0 atom stereocenters. The van der Waals surface area contributed by atoms with E-state index in [4.69, 9.17) is 23.7 Å². The second-order valence-corrected chi connectivity index (χ2v) is 6.63. The Morgan fingerprint density at radius 1 is 0.719 bits per heavy atom. The van der Waals surface area contributed by atoms with Crippen molar-refractivity contribution in [2.45, 2.75) is 12.8 Å². The SMILES string of the molecule is CN=C(NCCc1ccc(OC)c(OC)c1)NCCc1c(OC)cc(OC)cc1OC.I. The fourth-order valence-corrected chi connectivity index (χ4v) is 3.21. The molecule has 0 unspecified atom stereocenters. The molecule has 0 fully saturated rings. The predicted molar refractivity (Wildman–Crippen MR) is 138 cm³/mol. The third-order valence-electron chi connectivity index (χ3n) is 4.86. The van der Waals surface area contributed by atoms with Gasteiger partial charge >= 0.3 is 0 Å². The smallest absolute Gasteiger partial charge is 0.190 e. The van der Waals surface area contributed by atoms with Crippen molar-refractivity contribution in [3.05, 3.63) is 41.5 Å². The number of nitrogens with one attached hydrogen (secondary N) is 2. The van der Waals surface area contributed by atoms with E-state index in [1.165, 1.54) is 0 Å². The molecule has 9 heteroatoms. The molecule has 2 aromatic carbocycles. The minimum absolute atomic E-state index is 0. The fraction of sp³-hybridized carbons (Fsp3) is 0.435. The highest BCUT2D eigenvalue weighted by atomic mass is 127. The van der Waals surface area contributed by atoms with Crippen LogP contribution in [-0.4, -0.2) is 61.6 Å². The first-order valence-corrected chi connectivity index (χ1v) is 10.0. The summed E-state index contributed by atoms with van der Waals surface area (Å²) in [4.78, 5) is 4.29. The summed E-state index contributed by atoms with van der Waals surface area (Å²) in [6.07, 6.45) is 1.52. The van der Waals surface area contributed by atoms with Crippen LogP contribution in [0, 0.1) is 0 Å². The lowest BCUT2D eigenvalue weighted by Gasteiger charge is -2.16. The van der Waals surface area contributed by atoms with Crippen molar-refractivity contribution in [3.8, 4) is 28.7 Å². The standard InChI is InChI=1S/C23H33N3O5.HI/c1-24-23(25-11-9-16-7-8-19(28-3)22(13-16)31-6)26-12-10-18-20(29-4)14-17(27-2)15-21(18)30-5;/h7-8,13-15H,9-12H2,1-6H3,(H2,24,25,26);1H. The third kappa shape index (κ3) is 7.54. The zero-order chi connectivity index (χ0) is 22.6. The van der Waals surface area contributed by atoms with Gasteiger partial charge in [0.1, 0.15) is 17.2 Å². The summed E-state index contributed by atoms with van der Waals surface area (Å²) in [5.41, 5.74) is 2.12. The first-order chi connectivity index (χ1) is 15.1. The molecule has 0 amide bonds. The Bertz CT molecular complexity index is 852. The minimum atomic E-state index is 0. The molecule has 2 rings (SSSR count). The number of aliphatic imine (C=N–C) groups is 1. The number of hydrogen-bond donors (Lipinski definition) is 2. The highest BCUT2D eigenvalue weighted by Gasteiger charge is 2.13. The summed E-state index contributed by atoms with van der Waals surface area (Å²) in [5.74, 6) is 4.33. The lowest BCUT2D eigenvalue weighted by Crippen LogP contribution is -2.39. The molecule has 2 aromatic rings. The van der Waals surface area contributed by atoms with Gasteiger partial charge in [-0.3, -0.25) is 4.99 Å². The van der Waals surface area contributed by atoms with E-state index in [0.717, 1.165) is 53.1 Å². The molecule has 0 aliphatic rings. The molecule has 0 saturated heterocycles. The summed E-state index contributed by atoms with van der Waals surface area (Å²) >= 11 is 0. The molecule has 0 saturated carbocycles. The summed E-state index contributed by atoms with van der Waals surface area (Å²) in [6.45, 7) is 1.39. The Labute approximate surface area is 207 Å². The molecule has 0 aromatic heterocycles. The van der Waals surface area contributed by atoms with Crippen molar-refractivity contribution in [2.24, 2.45) is 4.99 Å². The van der Waals surface area contributed by atoms with Crippen molar-refractivity contribution in [1.29, 1.82) is 0 Å². The summed E-state index contributed by atoms with van der Waals surface area (Å²) < 4.78 is 27.0. The molecule has 0 radical (unpaired) electrons. The van der Waals surface area contributed by atoms with E-state index in [0.29, 0.717) is 18.7 Å². The maximum atomic E-state index is 5.51. The molecule has 0 bridgehead atoms. The topological polar surface area (TPSA) is 82.6 Å². The van der Waals surface area contributed by atoms with Gasteiger partial charge in [0.25, 0.3) is 0 Å². The molecular formula is C23H34IN3O5. The number of benzene rings is 2. The van der Waals surface area contributed by atoms with Gasteiger partial charge in [-0.05, 0) is 30.5 Å². The number of ether oxygens (including phenoxy) is 5. The number of halogens is 1. The van der Waals surface area contributed by atoms with Crippen LogP contribution in [0.25, 0.3) is 0 Å². The van der Waals surface area contributed by atoms with Crippen molar-refractivity contribution in [3.63, 3.8) is 0 Å². The number of methoxy groups -OCH3 is 5. The van der Waals surface area contributed by atoms with Crippen molar-refractivity contribution in [2.75, 3.05) is 55.7 Å². The number of rotatable bonds is 11. The molecular weight excluding hydrogens is 525 g/mol. The highest BCUT2D eigenvalue weighted by molar-refractivity contribution is 14.0. The van der Waals surface area contributed by atoms with E-state index in [-0.39, 0.29) is 24.0 Å². The Hall–Kier alpha value is -2.56. The van der Waals surface area contributed by atoms with Gasteiger partial charge in [-0.2, -0.15) is 0 Å². The second kappa shape index (κ2) is 14.5. The first-order valence-electron chi connectivity index (χ1n) is 10.0. The molecule has 2 N–H and O–H groups in total. The lowest BCUT2D eigenvalue weighted by molar-refractivity contribution is 0.354. The van der Waals surface area contributed by atoms with Crippen LogP contribution in [0.15, 0.2) is 35.3 Å². The average molecular weight is 559 g/mol. The maximum Gasteiger partial charge on any atom is 0.190 e. The summed E-state index contributed by atoms with van der Waals surface area (Å²) in [7, 11) is 9.91. The first kappa shape index (κ1) is 27.5. The van der Waals surface area contributed by atoms with Crippen LogP contribution in [0.4, 0.5) is 0 Å². The monoisotopic (exact) mass is 559 g/mol. The maximum absolute atomic E-state index is 5.51. The van der Waals surface area contributed by atoms with Crippen LogP contribution in [0.1, 0.15) is 11.1 Å². The highest BCUT2D eigenvalue weighted by Crippen LogP contribution is 2.34. The quantitative estimate of drug-likeness (QED) is 0.249. The third-order valence-corrected chi connectivity index (χ3v) is 4.86. The molecule has 8 nitrogen and oxygen atoms in total. The Morgan fingerprint density at radius 3 is 1.78 bits per heavy atom. The number of nitrogens with zero attached hydrogens (tertiary/aromatic N) is 1. The van der Waals surface area contributed by atoms with Gasteiger partial charge in [0, 0.05) is 37.8 Å². The second-order valence-electron chi connectivity index (χ2n) is 6.63. The average Bonchev–Trinajstić information content (AvgIpc) is 2.82. The largest absolute Gasteiger partial charge is 0.496 e. The predicted octanol–water partition coefficient (Wildman–Crippen LogP) is 3.30. The molecule has 0 heterocycles. The molecule has 0 aliphatic carbocycles. The van der Waals surface area contributed by atoms with E-state index in [2.05, 4.69) is 15.6 Å². The van der Waals surface area contributed by atoms with E-state index in [1.54, 1.807) is 42.6 Å². The van der Waals surface area contributed by atoms with Gasteiger partial charge < -0.3 is 34.3 Å². The molecule has 0 spiro atoms. The molecule has 178 valence electrons. The lowest BCUT2D eigenvalue weighted by atomic mass is 10.1. The Morgan fingerprint density at radius 2 is 1.28 bits per heavy atom. The summed E-state index contributed by atoms with van der Waals surface area (Å²) in [6, 6.07) is 9.64. The van der Waals surface area contributed by atoms with Crippen LogP contribution in [0.2, 0.25) is 0 Å². The van der Waals surface area contributed by atoms with Gasteiger partial charge in [0.2, 0.25) is 0 Å². The fourth-order valence-electron chi connectivity index (χ4n) is 3.21. The van der Waals surface area contributed by atoms with Crippen molar-refractivity contribution in [1.82, 2.24) is 10.6 Å². The van der Waals surface area contributed by atoms with Gasteiger partial charge in [-0.25, -0.2) is 0 Å². The normalized spacial score (nSPS) is 10.6. The Kier molecular flexibility index (Phi) is 12.4. The van der Waals surface area contributed by atoms with E-state index in [9.17, 15) is 0 Å².